The van der Waals surface area contributed by atoms with Crippen molar-refractivity contribution in [2.24, 2.45) is 0 Å². The lowest BCUT2D eigenvalue weighted by Crippen LogP contribution is -2.21. The molecule has 0 fully saturated rings. The molecule has 1 aromatic rings. The molecule has 0 aromatic heterocycles. The van der Waals surface area contributed by atoms with Crippen LogP contribution in [0, 0.1) is 11.3 Å². The molecule has 0 radical (unpaired) electrons. The number of nitrogens with zero attached hydrogens (tertiary/aromatic N) is 1. The summed E-state index contributed by atoms with van der Waals surface area (Å²) < 4.78 is 46.0. The van der Waals surface area contributed by atoms with Crippen molar-refractivity contribution < 1.29 is 27.4 Å². The summed E-state index contributed by atoms with van der Waals surface area (Å²) in [7, 11) is 0. The largest absolute Gasteiger partial charge is 0.573 e. The van der Waals surface area contributed by atoms with E-state index >= 15 is 0 Å². The number of ether oxygens (including phenoxy) is 2. The predicted octanol–water partition coefficient (Wildman–Crippen LogP) is 3.20. The SMILES string of the molecule is CCOC(=O)c1ccc(C#N)c(CC)c1OC(F)(F)F. The van der Waals surface area contributed by atoms with Crippen molar-refractivity contribution in [3.8, 4) is 11.8 Å². The second-order valence-electron chi connectivity index (χ2n) is 3.70. The molecule has 0 N–H and O–H groups in total. The van der Waals surface area contributed by atoms with E-state index in [-0.39, 0.29) is 29.7 Å². The Morgan fingerprint density at radius 1 is 1.35 bits per heavy atom. The number of esters is 1. The second kappa shape index (κ2) is 6.28. The van der Waals surface area contributed by atoms with E-state index in [1.54, 1.807) is 13.0 Å². The van der Waals surface area contributed by atoms with Gasteiger partial charge in [0.1, 0.15) is 11.3 Å². The Morgan fingerprint density at radius 2 is 2.00 bits per heavy atom. The summed E-state index contributed by atoms with van der Waals surface area (Å²) in [6, 6.07) is 4.14. The molecule has 0 heterocycles. The van der Waals surface area contributed by atoms with Gasteiger partial charge in [0.25, 0.3) is 0 Å². The van der Waals surface area contributed by atoms with Crippen molar-refractivity contribution in [2.75, 3.05) is 6.61 Å². The maximum absolute atomic E-state index is 12.5. The molecule has 1 rings (SSSR count). The molecule has 0 unspecified atom stereocenters. The first kappa shape index (κ1) is 15.8. The first-order valence-corrected chi connectivity index (χ1v) is 5.82. The number of hydrogen-bond donors (Lipinski definition) is 0. The molecule has 0 aliphatic carbocycles. The Kier molecular flexibility index (Phi) is 4.97. The van der Waals surface area contributed by atoms with Crippen LogP contribution in [0.15, 0.2) is 12.1 Å². The van der Waals surface area contributed by atoms with Gasteiger partial charge in [-0.25, -0.2) is 4.79 Å². The Morgan fingerprint density at radius 3 is 2.45 bits per heavy atom. The number of alkyl halides is 3. The van der Waals surface area contributed by atoms with Crippen molar-refractivity contribution >= 4 is 5.97 Å². The molecule has 108 valence electrons. The quantitative estimate of drug-likeness (QED) is 0.798. The number of halogens is 3. The lowest BCUT2D eigenvalue weighted by Gasteiger charge is -2.16. The van der Waals surface area contributed by atoms with Crippen molar-refractivity contribution in [1.29, 1.82) is 5.26 Å². The zero-order chi connectivity index (χ0) is 15.3. The molecule has 0 amide bonds. The number of nitriles is 1. The highest BCUT2D eigenvalue weighted by molar-refractivity contribution is 5.93. The molecule has 1 aromatic carbocycles. The van der Waals surface area contributed by atoms with Crippen LogP contribution in [0.3, 0.4) is 0 Å². The molecule has 4 nitrogen and oxygen atoms in total. The first-order chi connectivity index (χ1) is 9.34. The third kappa shape index (κ3) is 3.63. The Bertz CT molecular complexity index is 547. The molecule has 0 aliphatic heterocycles. The third-order valence-corrected chi connectivity index (χ3v) is 2.45. The molecule has 0 saturated heterocycles. The van der Waals surface area contributed by atoms with E-state index in [0.717, 1.165) is 6.07 Å². The van der Waals surface area contributed by atoms with Gasteiger partial charge in [-0.2, -0.15) is 5.26 Å². The lowest BCUT2D eigenvalue weighted by molar-refractivity contribution is -0.275. The average molecular weight is 287 g/mol. The van der Waals surface area contributed by atoms with E-state index in [4.69, 9.17) is 5.26 Å². The molecule has 0 bridgehead atoms. The highest BCUT2D eigenvalue weighted by Gasteiger charge is 2.35. The minimum Gasteiger partial charge on any atom is -0.462 e. The summed E-state index contributed by atoms with van der Waals surface area (Å²) >= 11 is 0. The number of benzene rings is 1. The van der Waals surface area contributed by atoms with Crippen LogP contribution >= 0.6 is 0 Å². The van der Waals surface area contributed by atoms with Crippen molar-refractivity contribution in [2.45, 2.75) is 26.6 Å². The van der Waals surface area contributed by atoms with Crippen LogP contribution in [0.25, 0.3) is 0 Å². The van der Waals surface area contributed by atoms with Crippen molar-refractivity contribution in [1.82, 2.24) is 0 Å². The molecule has 7 heteroatoms. The van der Waals surface area contributed by atoms with Crippen LogP contribution in [0.2, 0.25) is 0 Å². The summed E-state index contributed by atoms with van der Waals surface area (Å²) in [5.41, 5.74) is -0.296. The lowest BCUT2D eigenvalue weighted by atomic mass is 10.0. The molecular weight excluding hydrogens is 275 g/mol. The minimum atomic E-state index is -4.96. The fraction of sp³-hybridized carbons (Fsp3) is 0.385. The monoisotopic (exact) mass is 287 g/mol. The fourth-order valence-electron chi connectivity index (χ4n) is 1.69. The van der Waals surface area contributed by atoms with Crippen LogP contribution in [0.4, 0.5) is 13.2 Å². The number of hydrogen-bond acceptors (Lipinski definition) is 4. The second-order valence-corrected chi connectivity index (χ2v) is 3.70. The van der Waals surface area contributed by atoms with Gasteiger partial charge in [-0.1, -0.05) is 6.92 Å². The van der Waals surface area contributed by atoms with Crippen molar-refractivity contribution in [3.63, 3.8) is 0 Å². The average Bonchev–Trinajstić information content (AvgIpc) is 2.36. The van der Waals surface area contributed by atoms with E-state index < -0.39 is 18.1 Å². The van der Waals surface area contributed by atoms with Gasteiger partial charge in [-0.05, 0) is 25.5 Å². The molecule has 0 saturated carbocycles. The Balaban J connectivity index is 3.44. The van der Waals surface area contributed by atoms with E-state index in [1.807, 2.05) is 0 Å². The standard InChI is InChI=1S/C13H12F3NO3/c1-3-9-8(7-17)5-6-10(12(18)19-4-2)11(9)20-13(14,15)16/h5-6H,3-4H2,1-2H3. The van der Waals surface area contributed by atoms with Crippen LogP contribution in [-0.4, -0.2) is 18.9 Å². The van der Waals surface area contributed by atoms with Gasteiger partial charge in [-0.3, -0.25) is 0 Å². The topological polar surface area (TPSA) is 59.3 Å². The molecule has 20 heavy (non-hydrogen) atoms. The Labute approximate surface area is 113 Å². The fourth-order valence-corrected chi connectivity index (χ4v) is 1.69. The third-order valence-electron chi connectivity index (χ3n) is 2.45. The summed E-state index contributed by atoms with van der Waals surface area (Å²) in [6.45, 7) is 3.12. The molecular formula is C13H12F3NO3. The van der Waals surface area contributed by atoms with E-state index in [2.05, 4.69) is 9.47 Å². The van der Waals surface area contributed by atoms with Gasteiger partial charge in [0, 0.05) is 5.56 Å². The summed E-state index contributed by atoms with van der Waals surface area (Å²) in [5, 5.41) is 8.90. The number of carbonyl (C=O) groups excluding carboxylic acids is 1. The minimum absolute atomic E-state index is 0.0196. The molecule has 0 aliphatic rings. The Hall–Kier alpha value is -2.23. The predicted molar refractivity (Wildman–Crippen MR) is 63.2 cm³/mol. The zero-order valence-corrected chi connectivity index (χ0v) is 10.9. The highest BCUT2D eigenvalue weighted by Crippen LogP contribution is 2.33. The molecule has 0 spiro atoms. The van der Waals surface area contributed by atoms with Crippen LogP contribution < -0.4 is 4.74 Å². The highest BCUT2D eigenvalue weighted by atomic mass is 19.4. The van der Waals surface area contributed by atoms with E-state index in [1.165, 1.54) is 13.0 Å². The molecule has 0 atom stereocenters. The zero-order valence-electron chi connectivity index (χ0n) is 10.9. The maximum atomic E-state index is 12.5. The number of rotatable bonds is 4. The van der Waals surface area contributed by atoms with Crippen LogP contribution in [-0.2, 0) is 11.2 Å². The van der Waals surface area contributed by atoms with Crippen LogP contribution in [0.5, 0.6) is 5.75 Å². The normalized spacial score (nSPS) is 10.8. The summed E-state index contributed by atoms with van der Waals surface area (Å²) in [5.74, 6) is -1.59. The van der Waals surface area contributed by atoms with E-state index in [0.29, 0.717) is 0 Å². The van der Waals surface area contributed by atoms with Gasteiger partial charge in [0.2, 0.25) is 0 Å². The summed E-state index contributed by atoms with van der Waals surface area (Å²) in [4.78, 5) is 11.7. The smallest absolute Gasteiger partial charge is 0.462 e. The summed E-state index contributed by atoms with van der Waals surface area (Å²) in [6.07, 6.45) is -4.85. The van der Waals surface area contributed by atoms with Gasteiger partial charge < -0.3 is 9.47 Å². The van der Waals surface area contributed by atoms with Gasteiger partial charge in [0.05, 0.1) is 18.2 Å². The first-order valence-electron chi connectivity index (χ1n) is 5.82. The van der Waals surface area contributed by atoms with Crippen LogP contribution in [0.1, 0.15) is 35.3 Å². The van der Waals surface area contributed by atoms with Gasteiger partial charge in [0.15, 0.2) is 0 Å². The van der Waals surface area contributed by atoms with Gasteiger partial charge >= 0.3 is 12.3 Å². The maximum Gasteiger partial charge on any atom is 0.573 e. The van der Waals surface area contributed by atoms with E-state index in [9.17, 15) is 18.0 Å². The van der Waals surface area contributed by atoms with Crippen molar-refractivity contribution in [3.05, 3.63) is 28.8 Å². The van der Waals surface area contributed by atoms with Gasteiger partial charge in [-0.15, -0.1) is 13.2 Å². The number of carbonyl (C=O) groups is 1.